The van der Waals surface area contributed by atoms with Gasteiger partial charge in [-0.25, -0.2) is 9.18 Å². The molecule has 4 rings (SSSR count). The van der Waals surface area contributed by atoms with Gasteiger partial charge in [-0.2, -0.15) is 0 Å². The van der Waals surface area contributed by atoms with Crippen LogP contribution in [0.2, 0.25) is 0 Å². The molecule has 3 heterocycles. The summed E-state index contributed by atoms with van der Waals surface area (Å²) in [6.07, 6.45) is 0. The number of nitrogens with one attached hydrogen (secondary N) is 1. The first kappa shape index (κ1) is 17.9. The molecule has 1 atom stereocenters. The number of carbonyl (C=O) groups excluding carboxylic acids is 2. The van der Waals surface area contributed by atoms with E-state index >= 15 is 0 Å². The summed E-state index contributed by atoms with van der Waals surface area (Å²) in [4.78, 5) is 31.0. The summed E-state index contributed by atoms with van der Waals surface area (Å²) in [5.74, 6) is -0.489. The van der Waals surface area contributed by atoms with Crippen molar-refractivity contribution in [2.24, 2.45) is 0 Å². The number of nitrogens with zero attached hydrogens (tertiary/aromatic N) is 3. The van der Waals surface area contributed by atoms with Crippen LogP contribution in [0.15, 0.2) is 35.5 Å². The number of halogens is 1. The number of rotatable bonds is 4. The molecule has 3 aliphatic rings. The van der Waals surface area contributed by atoms with Crippen LogP contribution >= 0.6 is 0 Å². The molecule has 144 valence electrons. The molecule has 0 aliphatic carbocycles. The maximum Gasteiger partial charge on any atom is 0.322 e. The van der Waals surface area contributed by atoms with Gasteiger partial charge in [-0.1, -0.05) is 12.1 Å². The number of urea groups is 1. The lowest BCUT2D eigenvalue weighted by Gasteiger charge is -2.31. The highest BCUT2D eigenvalue weighted by atomic mass is 19.1. The zero-order chi connectivity index (χ0) is 19.0. The molecule has 1 aromatic carbocycles. The lowest BCUT2D eigenvalue weighted by Crippen LogP contribution is -2.45. The van der Waals surface area contributed by atoms with Gasteiger partial charge in [-0.3, -0.25) is 14.6 Å². The molecule has 0 saturated carbocycles. The smallest absolute Gasteiger partial charge is 0.322 e. The van der Waals surface area contributed by atoms with Crippen LogP contribution in [0, 0.1) is 5.82 Å². The number of ether oxygens (including phenoxy) is 1. The third-order valence-electron chi connectivity index (χ3n) is 5.41. The highest BCUT2D eigenvalue weighted by Crippen LogP contribution is 2.35. The van der Waals surface area contributed by atoms with E-state index in [0.29, 0.717) is 43.1 Å². The van der Waals surface area contributed by atoms with Gasteiger partial charge in [-0.05, 0) is 17.7 Å². The van der Waals surface area contributed by atoms with E-state index in [1.165, 1.54) is 17.0 Å². The first-order valence-electron chi connectivity index (χ1n) is 9.16. The van der Waals surface area contributed by atoms with Gasteiger partial charge in [0, 0.05) is 33.2 Å². The van der Waals surface area contributed by atoms with Crippen LogP contribution in [0.5, 0.6) is 0 Å². The molecule has 1 fully saturated rings. The number of likely N-dealkylation sites (N-methyl/N-ethyl adjacent to an activating group) is 1. The second-order valence-corrected chi connectivity index (χ2v) is 7.04. The van der Waals surface area contributed by atoms with E-state index in [2.05, 4.69) is 10.2 Å². The Hall–Kier alpha value is -2.45. The molecule has 3 amide bonds. The van der Waals surface area contributed by atoms with Crippen molar-refractivity contribution < 1.29 is 18.7 Å². The first-order chi connectivity index (χ1) is 13.0. The zero-order valence-corrected chi connectivity index (χ0v) is 15.3. The maximum atomic E-state index is 13.7. The molecule has 27 heavy (non-hydrogen) atoms. The van der Waals surface area contributed by atoms with Crippen molar-refractivity contribution in [1.82, 2.24) is 20.0 Å². The third-order valence-corrected chi connectivity index (χ3v) is 5.41. The Kier molecular flexibility index (Phi) is 4.84. The molecular formula is C19H23FN4O3. The molecule has 1 unspecified atom stereocenters. The van der Waals surface area contributed by atoms with Crippen molar-refractivity contribution >= 4 is 11.9 Å². The normalized spacial score (nSPS) is 23.7. The van der Waals surface area contributed by atoms with Gasteiger partial charge < -0.3 is 15.0 Å². The molecule has 0 bridgehead atoms. The monoisotopic (exact) mass is 374 g/mol. The SMILES string of the molecule is CN1C(=O)NC(c2cccc(F)c2)C2=C1CN(CCN1CCOCC1)C2=O. The number of amides is 3. The average molecular weight is 374 g/mol. The lowest BCUT2D eigenvalue weighted by atomic mass is 9.96. The number of hydrogen-bond acceptors (Lipinski definition) is 4. The van der Waals surface area contributed by atoms with Crippen molar-refractivity contribution in [3.63, 3.8) is 0 Å². The van der Waals surface area contributed by atoms with Crippen LogP contribution < -0.4 is 5.32 Å². The molecule has 1 aromatic rings. The van der Waals surface area contributed by atoms with Crippen molar-refractivity contribution in [2.75, 3.05) is 53.0 Å². The standard InChI is InChI=1S/C19H23FN4O3/c1-22-15-12-24(6-5-23-7-9-27-10-8-23)18(25)16(15)17(21-19(22)26)13-3-2-4-14(20)11-13/h2-4,11,17H,5-10,12H2,1H3,(H,21,26). The zero-order valence-electron chi connectivity index (χ0n) is 15.3. The molecule has 0 spiro atoms. The minimum atomic E-state index is -0.625. The van der Waals surface area contributed by atoms with E-state index in [-0.39, 0.29) is 11.9 Å². The van der Waals surface area contributed by atoms with Crippen molar-refractivity contribution in [2.45, 2.75) is 6.04 Å². The summed E-state index contributed by atoms with van der Waals surface area (Å²) in [5, 5.41) is 2.83. The van der Waals surface area contributed by atoms with Crippen LogP contribution in [0.3, 0.4) is 0 Å². The van der Waals surface area contributed by atoms with Crippen LogP contribution in [0.25, 0.3) is 0 Å². The van der Waals surface area contributed by atoms with Crippen LogP contribution in [0.4, 0.5) is 9.18 Å². The molecule has 1 saturated heterocycles. The molecule has 8 heteroatoms. The summed E-state index contributed by atoms with van der Waals surface area (Å²) >= 11 is 0. The van der Waals surface area contributed by atoms with Crippen molar-refractivity contribution in [3.8, 4) is 0 Å². The number of hydrogen-bond donors (Lipinski definition) is 1. The maximum absolute atomic E-state index is 13.7. The van der Waals surface area contributed by atoms with Crippen LogP contribution in [0.1, 0.15) is 11.6 Å². The van der Waals surface area contributed by atoms with E-state index in [1.807, 2.05) is 0 Å². The number of carbonyl (C=O) groups is 2. The highest BCUT2D eigenvalue weighted by molar-refractivity contribution is 6.01. The van der Waals surface area contributed by atoms with Gasteiger partial charge in [0.1, 0.15) is 5.82 Å². The van der Waals surface area contributed by atoms with Crippen LogP contribution in [-0.2, 0) is 9.53 Å². The highest BCUT2D eigenvalue weighted by Gasteiger charge is 2.42. The Morgan fingerprint density at radius 2 is 2.00 bits per heavy atom. The fourth-order valence-electron chi connectivity index (χ4n) is 3.83. The summed E-state index contributed by atoms with van der Waals surface area (Å²) in [5.41, 5.74) is 1.80. The van der Waals surface area contributed by atoms with E-state index in [1.54, 1.807) is 24.1 Å². The third kappa shape index (κ3) is 3.42. The van der Waals surface area contributed by atoms with Gasteiger partial charge in [0.15, 0.2) is 0 Å². The quantitative estimate of drug-likeness (QED) is 0.852. The fourth-order valence-corrected chi connectivity index (χ4v) is 3.83. The fraction of sp³-hybridized carbons (Fsp3) is 0.474. The van der Waals surface area contributed by atoms with Gasteiger partial charge in [-0.15, -0.1) is 0 Å². The summed E-state index contributed by atoms with van der Waals surface area (Å²) in [6, 6.07) is 5.12. The second-order valence-electron chi connectivity index (χ2n) is 7.04. The molecule has 0 radical (unpaired) electrons. The van der Waals surface area contributed by atoms with Crippen molar-refractivity contribution in [1.29, 1.82) is 0 Å². The van der Waals surface area contributed by atoms with E-state index in [4.69, 9.17) is 4.74 Å². The summed E-state index contributed by atoms with van der Waals surface area (Å²) in [7, 11) is 1.66. The summed E-state index contributed by atoms with van der Waals surface area (Å²) < 4.78 is 19.0. The molecule has 0 aromatic heterocycles. The molecular weight excluding hydrogens is 351 g/mol. The summed E-state index contributed by atoms with van der Waals surface area (Å²) in [6.45, 7) is 4.91. The first-order valence-corrected chi connectivity index (χ1v) is 9.16. The van der Waals surface area contributed by atoms with E-state index in [9.17, 15) is 14.0 Å². The molecule has 7 nitrogen and oxygen atoms in total. The van der Waals surface area contributed by atoms with E-state index < -0.39 is 11.9 Å². The Morgan fingerprint density at radius 3 is 2.74 bits per heavy atom. The van der Waals surface area contributed by atoms with E-state index in [0.717, 1.165) is 19.6 Å². The van der Waals surface area contributed by atoms with Gasteiger partial charge in [0.25, 0.3) is 5.91 Å². The molecule has 3 aliphatic heterocycles. The number of morpholine rings is 1. The molecule has 1 N–H and O–H groups in total. The van der Waals surface area contributed by atoms with Crippen LogP contribution in [-0.4, -0.2) is 79.6 Å². The van der Waals surface area contributed by atoms with Crippen molar-refractivity contribution in [3.05, 3.63) is 46.9 Å². The van der Waals surface area contributed by atoms with Gasteiger partial charge >= 0.3 is 6.03 Å². The minimum Gasteiger partial charge on any atom is -0.379 e. The predicted octanol–water partition coefficient (Wildman–Crippen LogP) is 0.950. The Labute approximate surface area is 157 Å². The topological polar surface area (TPSA) is 65.1 Å². The van der Waals surface area contributed by atoms with Gasteiger partial charge in [0.2, 0.25) is 0 Å². The number of benzene rings is 1. The Morgan fingerprint density at radius 1 is 1.22 bits per heavy atom. The minimum absolute atomic E-state index is 0.0978. The van der Waals surface area contributed by atoms with Gasteiger partial charge in [0.05, 0.1) is 37.1 Å². The lowest BCUT2D eigenvalue weighted by molar-refractivity contribution is -0.126. The Bertz CT molecular complexity index is 791. The second kappa shape index (κ2) is 7.28. The largest absolute Gasteiger partial charge is 0.379 e. The predicted molar refractivity (Wildman–Crippen MR) is 96.3 cm³/mol. The Balaban J connectivity index is 1.54. The average Bonchev–Trinajstić information content (AvgIpc) is 3.01.